The van der Waals surface area contributed by atoms with Gasteiger partial charge in [0.05, 0.1) is 17.4 Å². The lowest BCUT2D eigenvalue weighted by atomic mass is 10.1. The number of aromatic nitrogens is 2. The van der Waals surface area contributed by atoms with Crippen molar-refractivity contribution in [3.8, 4) is 0 Å². The average molecular weight is 282 g/mol. The summed E-state index contributed by atoms with van der Waals surface area (Å²) in [6.45, 7) is 0. The number of hydrogen-bond donors (Lipinski definition) is 2. The normalized spacial score (nSPS) is 10.5. The highest BCUT2D eigenvalue weighted by Crippen LogP contribution is 2.23. The number of hydrogen-bond acceptors (Lipinski definition) is 4. The molecule has 0 aliphatic rings. The Balaban J connectivity index is 1.99. The Morgan fingerprint density at radius 3 is 2.95 bits per heavy atom. The lowest BCUT2D eigenvalue weighted by Crippen LogP contribution is -2.15. The molecule has 3 rings (SSSR count). The number of rotatable bonds is 2. The van der Waals surface area contributed by atoms with E-state index in [1.807, 2.05) is 18.2 Å². The molecule has 2 heterocycles. The Morgan fingerprint density at radius 1 is 1.24 bits per heavy atom. The summed E-state index contributed by atoms with van der Waals surface area (Å²) in [6, 6.07) is 8.35. The Bertz CT molecular complexity index is 830. The van der Waals surface area contributed by atoms with Crippen molar-refractivity contribution in [3.63, 3.8) is 0 Å². The summed E-state index contributed by atoms with van der Waals surface area (Å²) < 4.78 is 13.2. The highest BCUT2D eigenvalue weighted by molar-refractivity contribution is 6.10. The molecule has 1 aromatic carbocycles. The molecule has 1 amide bonds. The van der Waals surface area contributed by atoms with Gasteiger partial charge in [-0.1, -0.05) is 12.1 Å². The van der Waals surface area contributed by atoms with Crippen molar-refractivity contribution in [1.82, 2.24) is 9.97 Å². The van der Waals surface area contributed by atoms with Crippen LogP contribution in [0.15, 0.2) is 48.9 Å². The minimum absolute atomic E-state index is 0.00380. The molecule has 0 radical (unpaired) electrons. The second kappa shape index (κ2) is 5.16. The maximum absolute atomic E-state index is 13.2. The molecule has 0 spiro atoms. The number of nitrogen functional groups attached to an aromatic ring is 1. The number of benzene rings is 1. The fourth-order valence-corrected chi connectivity index (χ4v) is 2.04. The summed E-state index contributed by atoms with van der Waals surface area (Å²) in [5.74, 6) is -1.16. The molecule has 21 heavy (non-hydrogen) atoms. The van der Waals surface area contributed by atoms with Crippen LogP contribution in [0.5, 0.6) is 0 Å². The standard InChI is InChI=1S/C15H11FN4O/c16-10-6-11(14(17)19-7-10)15(21)20-13-3-1-2-9-4-5-18-8-12(9)13/h1-8H,(H2,17,19)(H,20,21). The molecule has 0 fully saturated rings. The van der Waals surface area contributed by atoms with Crippen molar-refractivity contribution in [2.45, 2.75) is 0 Å². The minimum Gasteiger partial charge on any atom is -0.383 e. The third-order valence-electron chi connectivity index (χ3n) is 3.06. The first-order chi connectivity index (χ1) is 10.1. The fourth-order valence-electron chi connectivity index (χ4n) is 2.04. The van der Waals surface area contributed by atoms with Gasteiger partial charge in [-0.15, -0.1) is 0 Å². The molecule has 0 aliphatic carbocycles. The minimum atomic E-state index is -0.617. The molecule has 3 aromatic rings. The zero-order valence-corrected chi connectivity index (χ0v) is 10.9. The molecule has 2 aromatic heterocycles. The van der Waals surface area contributed by atoms with E-state index in [9.17, 15) is 9.18 Å². The first-order valence-corrected chi connectivity index (χ1v) is 6.20. The Hall–Kier alpha value is -3.02. The molecule has 0 saturated heterocycles. The van der Waals surface area contributed by atoms with Crippen LogP contribution >= 0.6 is 0 Å². The van der Waals surface area contributed by atoms with Gasteiger partial charge >= 0.3 is 0 Å². The van der Waals surface area contributed by atoms with Gasteiger partial charge in [0, 0.05) is 17.8 Å². The largest absolute Gasteiger partial charge is 0.383 e. The molecule has 0 saturated carbocycles. The van der Waals surface area contributed by atoms with Gasteiger partial charge in [-0.2, -0.15) is 0 Å². The topological polar surface area (TPSA) is 80.9 Å². The van der Waals surface area contributed by atoms with E-state index < -0.39 is 11.7 Å². The van der Waals surface area contributed by atoms with Crippen molar-refractivity contribution in [1.29, 1.82) is 0 Å². The van der Waals surface area contributed by atoms with Crippen LogP contribution in [0.4, 0.5) is 15.9 Å². The van der Waals surface area contributed by atoms with E-state index in [4.69, 9.17) is 5.73 Å². The van der Waals surface area contributed by atoms with E-state index in [1.54, 1.807) is 18.5 Å². The molecular weight excluding hydrogens is 271 g/mol. The number of nitrogens with zero attached hydrogens (tertiary/aromatic N) is 2. The van der Waals surface area contributed by atoms with Crippen LogP contribution in [0.1, 0.15) is 10.4 Å². The smallest absolute Gasteiger partial charge is 0.259 e. The van der Waals surface area contributed by atoms with Crippen LogP contribution in [0.3, 0.4) is 0 Å². The van der Waals surface area contributed by atoms with Crippen molar-refractivity contribution < 1.29 is 9.18 Å². The lowest BCUT2D eigenvalue weighted by Gasteiger charge is -2.09. The van der Waals surface area contributed by atoms with E-state index in [1.165, 1.54) is 0 Å². The molecule has 0 unspecified atom stereocenters. The van der Waals surface area contributed by atoms with Gasteiger partial charge in [-0.3, -0.25) is 9.78 Å². The monoisotopic (exact) mass is 282 g/mol. The van der Waals surface area contributed by atoms with E-state index in [-0.39, 0.29) is 11.4 Å². The summed E-state index contributed by atoms with van der Waals surface area (Å²) in [6.07, 6.45) is 4.29. The second-order valence-corrected chi connectivity index (χ2v) is 4.44. The number of halogens is 1. The summed E-state index contributed by atoms with van der Waals surface area (Å²) in [4.78, 5) is 19.9. The van der Waals surface area contributed by atoms with Crippen LogP contribution in [-0.4, -0.2) is 15.9 Å². The number of fused-ring (bicyclic) bond motifs is 1. The summed E-state index contributed by atoms with van der Waals surface area (Å²) in [7, 11) is 0. The van der Waals surface area contributed by atoms with Gasteiger partial charge in [-0.05, 0) is 23.6 Å². The molecule has 0 atom stereocenters. The zero-order chi connectivity index (χ0) is 14.8. The van der Waals surface area contributed by atoms with E-state index in [0.717, 1.165) is 23.0 Å². The third kappa shape index (κ3) is 2.51. The lowest BCUT2D eigenvalue weighted by molar-refractivity contribution is 0.102. The molecule has 0 aliphatic heterocycles. The Kier molecular flexibility index (Phi) is 3.19. The molecule has 6 heteroatoms. The SMILES string of the molecule is Nc1ncc(F)cc1C(=O)Nc1cccc2ccncc12. The quantitative estimate of drug-likeness (QED) is 0.757. The van der Waals surface area contributed by atoms with Gasteiger partial charge in [0.25, 0.3) is 5.91 Å². The van der Waals surface area contributed by atoms with Gasteiger partial charge in [-0.25, -0.2) is 9.37 Å². The molecule has 0 bridgehead atoms. The Morgan fingerprint density at radius 2 is 2.10 bits per heavy atom. The molecular formula is C15H11FN4O. The highest BCUT2D eigenvalue weighted by Gasteiger charge is 2.13. The van der Waals surface area contributed by atoms with Crippen LogP contribution in [-0.2, 0) is 0 Å². The fraction of sp³-hybridized carbons (Fsp3) is 0. The van der Waals surface area contributed by atoms with E-state index in [0.29, 0.717) is 5.69 Å². The number of carbonyl (C=O) groups is 1. The van der Waals surface area contributed by atoms with E-state index in [2.05, 4.69) is 15.3 Å². The number of carbonyl (C=O) groups excluding carboxylic acids is 1. The molecule has 5 nitrogen and oxygen atoms in total. The van der Waals surface area contributed by atoms with Crippen molar-refractivity contribution in [3.05, 3.63) is 60.3 Å². The van der Waals surface area contributed by atoms with E-state index >= 15 is 0 Å². The van der Waals surface area contributed by atoms with Gasteiger partial charge < -0.3 is 11.1 Å². The van der Waals surface area contributed by atoms with Crippen LogP contribution in [0.2, 0.25) is 0 Å². The zero-order valence-electron chi connectivity index (χ0n) is 10.9. The first-order valence-electron chi connectivity index (χ1n) is 6.20. The van der Waals surface area contributed by atoms with Crippen molar-refractivity contribution in [2.24, 2.45) is 0 Å². The average Bonchev–Trinajstić information content (AvgIpc) is 2.50. The predicted octanol–water partition coefficient (Wildman–Crippen LogP) is 2.60. The second-order valence-electron chi connectivity index (χ2n) is 4.44. The maximum Gasteiger partial charge on any atom is 0.259 e. The number of nitrogens with one attached hydrogen (secondary N) is 1. The predicted molar refractivity (Wildman–Crippen MR) is 78.3 cm³/mol. The van der Waals surface area contributed by atoms with Crippen molar-refractivity contribution in [2.75, 3.05) is 11.1 Å². The highest BCUT2D eigenvalue weighted by atomic mass is 19.1. The molecule has 104 valence electrons. The number of nitrogens with two attached hydrogens (primary N) is 1. The van der Waals surface area contributed by atoms with Gasteiger partial charge in [0.2, 0.25) is 0 Å². The van der Waals surface area contributed by atoms with Gasteiger partial charge in [0.1, 0.15) is 11.6 Å². The Labute approximate surface area is 119 Å². The van der Waals surface area contributed by atoms with Gasteiger partial charge in [0.15, 0.2) is 0 Å². The molecule has 3 N–H and O–H groups in total. The summed E-state index contributed by atoms with van der Waals surface area (Å²) in [5, 5.41) is 4.43. The number of amides is 1. The number of anilines is 2. The summed E-state index contributed by atoms with van der Waals surface area (Å²) >= 11 is 0. The first kappa shape index (κ1) is 13.0. The van der Waals surface area contributed by atoms with Crippen LogP contribution in [0, 0.1) is 5.82 Å². The number of pyridine rings is 2. The maximum atomic E-state index is 13.2. The summed E-state index contributed by atoms with van der Waals surface area (Å²) in [5.41, 5.74) is 6.18. The van der Waals surface area contributed by atoms with Crippen LogP contribution < -0.4 is 11.1 Å². The third-order valence-corrected chi connectivity index (χ3v) is 3.06. The van der Waals surface area contributed by atoms with Crippen LogP contribution in [0.25, 0.3) is 10.8 Å². The van der Waals surface area contributed by atoms with Crippen molar-refractivity contribution >= 4 is 28.2 Å².